The van der Waals surface area contributed by atoms with Crippen LogP contribution >= 0.6 is 23.2 Å². The summed E-state index contributed by atoms with van der Waals surface area (Å²) in [6.45, 7) is 1.72. The van der Waals surface area contributed by atoms with Crippen LogP contribution in [0.5, 0.6) is 0 Å². The largest absolute Gasteiger partial charge is 0.416 e. The number of halogens is 5. The molecule has 0 saturated heterocycles. The molecule has 1 N–H and O–H groups in total. The Hall–Kier alpha value is -2.51. The minimum absolute atomic E-state index is 0.0874. The summed E-state index contributed by atoms with van der Waals surface area (Å²) < 4.78 is 40.8. The predicted octanol–water partition coefficient (Wildman–Crippen LogP) is 7.24. The molecule has 0 atom stereocenters. The van der Waals surface area contributed by atoms with Gasteiger partial charge in [0.1, 0.15) is 11.5 Å². The van der Waals surface area contributed by atoms with Gasteiger partial charge in [0.2, 0.25) is 0 Å². The van der Waals surface area contributed by atoms with Gasteiger partial charge in [-0.2, -0.15) is 13.2 Å². The number of hydrogen-bond acceptors (Lipinski definition) is 2. The van der Waals surface area contributed by atoms with Crippen molar-refractivity contribution in [3.8, 4) is 17.1 Å². The molecule has 0 spiro atoms. The van der Waals surface area contributed by atoms with Crippen molar-refractivity contribution in [3.63, 3.8) is 0 Å². The average Bonchev–Trinajstić information content (AvgIpc) is 3.11. The quantitative estimate of drug-likeness (QED) is 0.414. The third kappa shape index (κ3) is 5.04. The molecule has 0 aliphatic heterocycles. The zero-order valence-corrected chi connectivity index (χ0v) is 19.4. The molecular weight excluding hydrogens is 474 g/mol. The number of nitrogens with one attached hydrogen (secondary N) is 1. The molecule has 0 bridgehead atoms. The minimum atomic E-state index is -4.45. The van der Waals surface area contributed by atoms with E-state index in [1.165, 1.54) is 12.1 Å². The molecule has 1 fully saturated rings. The highest BCUT2D eigenvalue weighted by molar-refractivity contribution is 6.36. The summed E-state index contributed by atoms with van der Waals surface area (Å²) in [5.74, 6) is 0.0408. The summed E-state index contributed by atoms with van der Waals surface area (Å²) in [6, 6.07) is 9.68. The van der Waals surface area contributed by atoms with Crippen LogP contribution in [0.15, 0.2) is 42.5 Å². The zero-order valence-electron chi connectivity index (χ0n) is 17.8. The van der Waals surface area contributed by atoms with Crippen molar-refractivity contribution in [1.29, 1.82) is 0 Å². The van der Waals surface area contributed by atoms with E-state index < -0.39 is 11.7 Å². The van der Waals surface area contributed by atoms with Gasteiger partial charge in [0.25, 0.3) is 5.91 Å². The van der Waals surface area contributed by atoms with E-state index in [2.05, 4.69) is 10.3 Å². The molecule has 9 heteroatoms. The number of rotatable bonds is 4. The molecule has 0 unspecified atom stereocenters. The Bertz CT molecular complexity index is 1170. The van der Waals surface area contributed by atoms with Crippen LogP contribution in [0.1, 0.15) is 53.8 Å². The molecule has 174 valence electrons. The minimum Gasteiger partial charge on any atom is -0.348 e. The Kier molecular flexibility index (Phi) is 6.73. The molecule has 1 aliphatic carbocycles. The number of nitrogens with zero attached hydrogens (tertiary/aromatic N) is 2. The van der Waals surface area contributed by atoms with Crippen molar-refractivity contribution in [2.24, 2.45) is 0 Å². The Morgan fingerprint density at radius 1 is 1.06 bits per heavy atom. The van der Waals surface area contributed by atoms with Crippen molar-refractivity contribution in [2.45, 2.75) is 51.2 Å². The first-order valence-electron chi connectivity index (χ1n) is 10.7. The fourth-order valence-electron chi connectivity index (χ4n) is 4.18. The third-order valence-electron chi connectivity index (χ3n) is 5.89. The van der Waals surface area contributed by atoms with E-state index in [4.69, 9.17) is 23.2 Å². The first kappa shape index (κ1) is 23.6. The third-order valence-corrected chi connectivity index (χ3v) is 6.44. The number of aromatic nitrogens is 2. The van der Waals surface area contributed by atoms with Gasteiger partial charge in [-0.05, 0) is 62.2 Å². The number of hydrogen-bond donors (Lipinski definition) is 1. The topological polar surface area (TPSA) is 46.9 Å². The fourth-order valence-corrected chi connectivity index (χ4v) is 4.68. The summed E-state index contributed by atoms with van der Waals surface area (Å²) in [5.41, 5.74) is 0.905. The lowest BCUT2D eigenvalue weighted by Gasteiger charge is -2.22. The monoisotopic (exact) mass is 495 g/mol. The summed E-state index contributed by atoms with van der Waals surface area (Å²) in [5, 5.41) is 3.81. The molecule has 1 aromatic heterocycles. The number of alkyl halides is 3. The van der Waals surface area contributed by atoms with Crippen molar-refractivity contribution in [2.75, 3.05) is 0 Å². The first-order chi connectivity index (χ1) is 15.6. The molecule has 0 radical (unpaired) electrons. The molecule has 33 heavy (non-hydrogen) atoms. The van der Waals surface area contributed by atoms with Crippen molar-refractivity contribution in [1.82, 2.24) is 14.9 Å². The molecular formula is C24H22Cl2F3N3O. The van der Waals surface area contributed by atoms with Gasteiger partial charge in [-0.15, -0.1) is 0 Å². The predicted molar refractivity (Wildman–Crippen MR) is 123 cm³/mol. The zero-order chi connectivity index (χ0) is 23.8. The summed E-state index contributed by atoms with van der Waals surface area (Å²) in [6.07, 6.45) is 0.675. The van der Waals surface area contributed by atoms with E-state index >= 15 is 0 Å². The average molecular weight is 496 g/mol. The van der Waals surface area contributed by atoms with Gasteiger partial charge in [-0.3, -0.25) is 9.36 Å². The second-order valence-corrected chi connectivity index (χ2v) is 9.03. The number of amides is 1. The van der Waals surface area contributed by atoms with Crippen molar-refractivity contribution < 1.29 is 18.0 Å². The van der Waals surface area contributed by atoms with Crippen LogP contribution in [0, 0.1) is 6.92 Å². The lowest BCUT2D eigenvalue weighted by molar-refractivity contribution is -0.137. The van der Waals surface area contributed by atoms with Crippen LogP contribution in [-0.2, 0) is 6.18 Å². The molecule has 1 saturated carbocycles. The molecule has 1 amide bonds. The van der Waals surface area contributed by atoms with Crippen LogP contribution in [0.25, 0.3) is 17.1 Å². The van der Waals surface area contributed by atoms with E-state index in [1.54, 1.807) is 29.7 Å². The maximum absolute atomic E-state index is 13.1. The Balaban J connectivity index is 1.80. The summed E-state index contributed by atoms with van der Waals surface area (Å²) in [4.78, 5) is 17.7. The normalized spacial score (nSPS) is 15.0. The molecule has 4 nitrogen and oxygen atoms in total. The molecule has 1 heterocycles. The fraction of sp³-hybridized carbons (Fsp3) is 0.333. The first-order valence-corrected chi connectivity index (χ1v) is 11.4. The van der Waals surface area contributed by atoms with Crippen molar-refractivity contribution in [3.05, 3.63) is 69.5 Å². The number of benzene rings is 2. The molecule has 4 rings (SSSR count). The van der Waals surface area contributed by atoms with Crippen LogP contribution in [0.4, 0.5) is 13.2 Å². The molecule has 3 aromatic rings. The standard InChI is InChI=1S/C24H22Cl2F3N3O/c1-14-21(23(33)30-17-5-3-2-4-6-17)31-22(19-12-9-16(25)13-20(19)26)32(14)18-10-7-15(8-11-18)24(27,28)29/h7-13,17H,2-6H2,1H3,(H,30,33). The Morgan fingerprint density at radius 2 is 1.73 bits per heavy atom. The SMILES string of the molecule is Cc1c(C(=O)NC2CCCCC2)nc(-c2ccc(Cl)cc2Cl)n1-c1ccc(C(F)(F)F)cc1. The van der Waals surface area contributed by atoms with Gasteiger partial charge in [0.15, 0.2) is 0 Å². The Labute approximate surface area is 199 Å². The van der Waals surface area contributed by atoms with Crippen LogP contribution in [0.3, 0.4) is 0 Å². The summed E-state index contributed by atoms with van der Waals surface area (Å²) >= 11 is 12.5. The lowest BCUT2D eigenvalue weighted by Crippen LogP contribution is -2.36. The highest BCUT2D eigenvalue weighted by Crippen LogP contribution is 2.35. The van der Waals surface area contributed by atoms with Gasteiger partial charge in [0.05, 0.1) is 16.3 Å². The van der Waals surface area contributed by atoms with Gasteiger partial charge in [-0.1, -0.05) is 42.5 Å². The van der Waals surface area contributed by atoms with Crippen LogP contribution in [-0.4, -0.2) is 21.5 Å². The lowest BCUT2D eigenvalue weighted by atomic mass is 9.95. The summed E-state index contributed by atoms with van der Waals surface area (Å²) in [7, 11) is 0. The van der Waals surface area contributed by atoms with E-state index in [9.17, 15) is 18.0 Å². The van der Waals surface area contributed by atoms with Gasteiger partial charge < -0.3 is 5.32 Å². The highest BCUT2D eigenvalue weighted by atomic mass is 35.5. The van der Waals surface area contributed by atoms with Crippen molar-refractivity contribution >= 4 is 29.1 Å². The van der Waals surface area contributed by atoms with E-state index in [0.717, 1.165) is 44.2 Å². The maximum atomic E-state index is 13.1. The van der Waals surface area contributed by atoms with Crippen LogP contribution in [0.2, 0.25) is 10.0 Å². The molecule has 2 aromatic carbocycles. The number of carbonyl (C=O) groups is 1. The van der Waals surface area contributed by atoms with Gasteiger partial charge in [-0.25, -0.2) is 4.98 Å². The second kappa shape index (κ2) is 9.39. The van der Waals surface area contributed by atoms with Gasteiger partial charge in [0, 0.05) is 22.3 Å². The maximum Gasteiger partial charge on any atom is 0.416 e. The van der Waals surface area contributed by atoms with E-state index in [0.29, 0.717) is 32.8 Å². The van der Waals surface area contributed by atoms with E-state index in [-0.39, 0.29) is 17.6 Å². The second-order valence-electron chi connectivity index (χ2n) is 8.18. The number of carbonyl (C=O) groups excluding carboxylic acids is 1. The smallest absolute Gasteiger partial charge is 0.348 e. The van der Waals surface area contributed by atoms with Gasteiger partial charge >= 0.3 is 6.18 Å². The molecule has 1 aliphatic rings. The highest BCUT2D eigenvalue weighted by Gasteiger charge is 2.31. The Morgan fingerprint density at radius 3 is 2.33 bits per heavy atom. The number of imidazole rings is 1. The van der Waals surface area contributed by atoms with E-state index in [1.807, 2.05) is 0 Å². The van der Waals surface area contributed by atoms with Crippen LogP contribution < -0.4 is 5.32 Å².